The minimum absolute atomic E-state index is 0.309. The van der Waals surface area contributed by atoms with Crippen molar-refractivity contribution in [3.8, 4) is 0 Å². The molecule has 0 atom stereocenters. The van der Waals surface area contributed by atoms with Crippen molar-refractivity contribution in [2.45, 2.75) is 39.7 Å². The molecule has 0 bridgehead atoms. The van der Waals surface area contributed by atoms with Crippen molar-refractivity contribution in [3.63, 3.8) is 0 Å². The second kappa shape index (κ2) is 9.17. The molecule has 2 aliphatic heterocycles. The fourth-order valence-corrected chi connectivity index (χ4v) is 5.04. The first-order valence-corrected chi connectivity index (χ1v) is 11.9. The van der Waals surface area contributed by atoms with E-state index in [0.29, 0.717) is 30.8 Å². The first kappa shape index (κ1) is 22.5. The third-order valence-corrected chi connectivity index (χ3v) is 6.54. The van der Waals surface area contributed by atoms with Crippen LogP contribution in [0.1, 0.15) is 42.3 Å². The Kier molecular flexibility index (Phi) is 6.07. The van der Waals surface area contributed by atoms with E-state index in [0.717, 1.165) is 55.4 Å². The molecule has 3 aromatic rings. The predicted octanol–water partition coefficient (Wildman–Crippen LogP) is 2.89. The number of hydrogen-bond acceptors (Lipinski definition) is 8. The molecule has 0 saturated carbocycles. The van der Waals surface area contributed by atoms with E-state index in [1.54, 1.807) is 6.20 Å². The summed E-state index contributed by atoms with van der Waals surface area (Å²) in [6.07, 6.45) is 3.79. The smallest absolute Gasteiger partial charge is 0.229 e. The first-order chi connectivity index (χ1) is 16.4. The number of aryl methyl sites for hydroxylation is 2. The maximum absolute atomic E-state index is 14.8. The van der Waals surface area contributed by atoms with Crippen LogP contribution in [0.15, 0.2) is 18.5 Å². The molecule has 0 aliphatic carbocycles. The van der Waals surface area contributed by atoms with E-state index in [1.165, 1.54) is 17.5 Å². The zero-order valence-corrected chi connectivity index (χ0v) is 20.3. The number of aromatic nitrogens is 5. The van der Waals surface area contributed by atoms with E-state index < -0.39 is 5.82 Å². The third-order valence-electron chi connectivity index (χ3n) is 6.54. The molecule has 1 fully saturated rings. The summed E-state index contributed by atoms with van der Waals surface area (Å²) in [5.41, 5.74) is 5.33. The van der Waals surface area contributed by atoms with Crippen molar-refractivity contribution in [1.29, 1.82) is 0 Å². The minimum atomic E-state index is -0.424. The highest BCUT2D eigenvalue weighted by atomic mass is 19.1. The molecule has 0 aromatic carbocycles. The standard InChI is InChI=1S/C24H32FN9/c1-15(2)21-18-14-34(8-5-20(18)31-32(21)4)23-19(25)13-28-24(30-23)29-17-11-16(3)22(27-12-17)33-9-6-26-7-10-33/h11-13,15,26H,5-10,14H2,1-4H3,(H,28,29,30). The quantitative estimate of drug-likeness (QED) is 0.595. The van der Waals surface area contributed by atoms with Crippen LogP contribution >= 0.6 is 0 Å². The van der Waals surface area contributed by atoms with Crippen LogP contribution in [0.2, 0.25) is 0 Å². The monoisotopic (exact) mass is 465 g/mol. The lowest BCUT2D eigenvalue weighted by Crippen LogP contribution is -2.44. The molecular weight excluding hydrogens is 433 g/mol. The van der Waals surface area contributed by atoms with Crippen LogP contribution in [-0.4, -0.2) is 57.5 Å². The van der Waals surface area contributed by atoms with Crippen molar-refractivity contribution in [1.82, 2.24) is 30.0 Å². The van der Waals surface area contributed by atoms with Gasteiger partial charge in [-0.05, 0) is 24.5 Å². The van der Waals surface area contributed by atoms with Gasteiger partial charge in [-0.25, -0.2) is 14.4 Å². The summed E-state index contributed by atoms with van der Waals surface area (Å²) in [6, 6.07) is 2.04. The molecule has 5 heterocycles. The number of pyridine rings is 1. The van der Waals surface area contributed by atoms with Crippen molar-refractivity contribution in [3.05, 3.63) is 46.8 Å². The molecule has 180 valence electrons. The minimum Gasteiger partial charge on any atom is -0.354 e. The zero-order chi connectivity index (χ0) is 23.8. The molecule has 0 radical (unpaired) electrons. The summed E-state index contributed by atoms with van der Waals surface area (Å²) >= 11 is 0. The lowest BCUT2D eigenvalue weighted by molar-refractivity contribution is 0.584. The number of nitrogens with one attached hydrogen (secondary N) is 2. The first-order valence-electron chi connectivity index (χ1n) is 11.9. The van der Waals surface area contributed by atoms with E-state index in [1.807, 2.05) is 22.7 Å². The molecule has 0 spiro atoms. The SMILES string of the molecule is Cc1cc(Nc2ncc(F)c(N3CCc4nn(C)c(C(C)C)c4C3)n2)cnc1N1CCNCC1. The summed E-state index contributed by atoms with van der Waals surface area (Å²) in [6.45, 7) is 11.4. The van der Waals surface area contributed by atoms with Crippen molar-refractivity contribution < 1.29 is 4.39 Å². The van der Waals surface area contributed by atoms with Gasteiger partial charge in [-0.15, -0.1) is 0 Å². The molecule has 2 N–H and O–H groups in total. The highest BCUT2D eigenvalue weighted by Gasteiger charge is 2.27. The molecule has 9 nitrogen and oxygen atoms in total. The lowest BCUT2D eigenvalue weighted by atomic mass is 9.99. The summed E-state index contributed by atoms with van der Waals surface area (Å²) in [5, 5.41) is 11.3. The molecule has 5 rings (SSSR count). The summed E-state index contributed by atoms with van der Waals surface area (Å²) < 4.78 is 16.8. The number of anilines is 4. The number of fused-ring (bicyclic) bond motifs is 1. The molecule has 0 unspecified atom stereocenters. The number of nitrogens with zero attached hydrogens (tertiary/aromatic N) is 7. The Morgan fingerprint density at radius 2 is 1.85 bits per heavy atom. The van der Waals surface area contributed by atoms with Gasteiger partial charge in [-0.1, -0.05) is 13.8 Å². The Bertz CT molecular complexity index is 1180. The van der Waals surface area contributed by atoms with Crippen molar-refractivity contribution in [2.24, 2.45) is 7.05 Å². The second-order valence-electron chi connectivity index (χ2n) is 9.35. The third kappa shape index (κ3) is 4.29. The predicted molar refractivity (Wildman–Crippen MR) is 131 cm³/mol. The molecule has 1 saturated heterocycles. The van der Waals surface area contributed by atoms with E-state index in [9.17, 15) is 4.39 Å². The van der Waals surface area contributed by atoms with Gasteiger partial charge in [0.1, 0.15) is 5.82 Å². The Morgan fingerprint density at radius 1 is 1.06 bits per heavy atom. The Balaban J connectivity index is 1.36. The maximum Gasteiger partial charge on any atom is 0.229 e. The van der Waals surface area contributed by atoms with Crippen LogP contribution in [0, 0.1) is 12.7 Å². The van der Waals surface area contributed by atoms with E-state index in [-0.39, 0.29) is 0 Å². The number of rotatable bonds is 5. The van der Waals surface area contributed by atoms with Gasteiger partial charge in [-0.3, -0.25) is 4.68 Å². The van der Waals surface area contributed by atoms with Crippen molar-refractivity contribution in [2.75, 3.05) is 47.8 Å². The highest BCUT2D eigenvalue weighted by molar-refractivity contribution is 5.60. The summed E-state index contributed by atoms with van der Waals surface area (Å²) in [7, 11) is 1.98. The van der Waals surface area contributed by atoms with Crippen LogP contribution in [0.3, 0.4) is 0 Å². The summed E-state index contributed by atoms with van der Waals surface area (Å²) in [5.74, 6) is 1.58. The number of piperazine rings is 1. The Morgan fingerprint density at radius 3 is 2.59 bits per heavy atom. The van der Waals surface area contributed by atoms with Crippen LogP contribution in [0.5, 0.6) is 0 Å². The maximum atomic E-state index is 14.8. The number of halogens is 1. The zero-order valence-electron chi connectivity index (χ0n) is 20.3. The van der Waals surface area contributed by atoms with Crippen LogP contribution in [0.4, 0.5) is 27.7 Å². The van der Waals surface area contributed by atoms with E-state index in [2.05, 4.69) is 56.4 Å². The van der Waals surface area contributed by atoms with Crippen LogP contribution < -0.4 is 20.4 Å². The van der Waals surface area contributed by atoms with Gasteiger partial charge in [0.25, 0.3) is 0 Å². The lowest BCUT2D eigenvalue weighted by Gasteiger charge is -2.29. The van der Waals surface area contributed by atoms with Gasteiger partial charge in [0.2, 0.25) is 5.95 Å². The normalized spacial score (nSPS) is 16.2. The van der Waals surface area contributed by atoms with Crippen LogP contribution in [0.25, 0.3) is 0 Å². The van der Waals surface area contributed by atoms with Gasteiger partial charge in [0.15, 0.2) is 11.6 Å². The Hall–Kier alpha value is -3.27. The van der Waals surface area contributed by atoms with E-state index in [4.69, 9.17) is 0 Å². The molecule has 0 amide bonds. The topological polar surface area (TPSA) is 87.0 Å². The van der Waals surface area contributed by atoms with Crippen LogP contribution in [-0.2, 0) is 20.0 Å². The summed E-state index contributed by atoms with van der Waals surface area (Å²) in [4.78, 5) is 17.7. The highest BCUT2D eigenvalue weighted by Crippen LogP contribution is 2.31. The van der Waals surface area contributed by atoms with Crippen molar-refractivity contribution >= 4 is 23.3 Å². The average molecular weight is 466 g/mol. The molecular formula is C24H32FN9. The van der Waals surface area contributed by atoms with Gasteiger partial charge in [0.05, 0.1) is 23.8 Å². The van der Waals surface area contributed by atoms with Gasteiger partial charge < -0.3 is 20.4 Å². The fourth-order valence-electron chi connectivity index (χ4n) is 5.04. The average Bonchev–Trinajstić information content (AvgIpc) is 3.16. The van der Waals surface area contributed by atoms with E-state index >= 15 is 0 Å². The Labute approximate surface area is 199 Å². The molecule has 2 aliphatic rings. The largest absolute Gasteiger partial charge is 0.354 e. The van der Waals surface area contributed by atoms with Gasteiger partial charge in [-0.2, -0.15) is 10.1 Å². The molecule has 3 aromatic heterocycles. The van der Waals surface area contributed by atoms with Gasteiger partial charge in [0, 0.05) is 64.0 Å². The molecule has 34 heavy (non-hydrogen) atoms. The second-order valence-corrected chi connectivity index (χ2v) is 9.35. The van der Waals surface area contributed by atoms with Gasteiger partial charge >= 0.3 is 0 Å². The molecule has 10 heteroatoms. The number of hydrogen-bond donors (Lipinski definition) is 2. The fraction of sp³-hybridized carbons (Fsp3) is 0.500.